The lowest BCUT2D eigenvalue weighted by Crippen LogP contribution is -2.13. The van der Waals surface area contributed by atoms with Gasteiger partial charge in [0.05, 0.1) is 31.2 Å². The summed E-state index contributed by atoms with van der Waals surface area (Å²) >= 11 is 5.64. The maximum absolute atomic E-state index is 12.4. The van der Waals surface area contributed by atoms with Crippen LogP contribution in [-0.2, 0) is 0 Å². The Hall–Kier alpha value is -2.53. The minimum Gasteiger partial charge on any atom is -0.493 e. The minimum atomic E-state index is -0.606. The van der Waals surface area contributed by atoms with E-state index in [0.29, 0.717) is 22.6 Å². The van der Waals surface area contributed by atoms with Crippen LogP contribution in [0.4, 0.5) is 0 Å². The van der Waals surface area contributed by atoms with Gasteiger partial charge in [0.15, 0.2) is 17.3 Å². The van der Waals surface area contributed by atoms with E-state index in [4.69, 9.17) is 25.8 Å². The number of methoxy groups -OCH3 is 2. The van der Waals surface area contributed by atoms with Crippen LogP contribution < -0.4 is 14.2 Å². The van der Waals surface area contributed by atoms with Crippen molar-refractivity contribution in [3.05, 3.63) is 53.1 Å². The molecule has 0 saturated heterocycles. The fourth-order valence-corrected chi connectivity index (χ4v) is 2.41. The summed E-state index contributed by atoms with van der Waals surface area (Å²) < 4.78 is 15.7. The largest absolute Gasteiger partial charge is 0.493 e. The van der Waals surface area contributed by atoms with Gasteiger partial charge in [-0.3, -0.25) is 4.79 Å². The molecule has 0 fully saturated rings. The van der Waals surface area contributed by atoms with Crippen molar-refractivity contribution in [2.45, 2.75) is 6.92 Å². The average Bonchev–Trinajstić information content (AvgIpc) is 2.60. The first-order valence-electron chi connectivity index (χ1n) is 7.14. The van der Waals surface area contributed by atoms with Crippen molar-refractivity contribution < 1.29 is 23.8 Å². The number of benzene rings is 2. The molecular formula is C18H17ClO5. The Kier molecular flexibility index (Phi) is 5.82. The Morgan fingerprint density at radius 1 is 1.00 bits per heavy atom. The Morgan fingerprint density at radius 3 is 2.33 bits per heavy atom. The van der Waals surface area contributed by atoms with Crippen LogP contribution in [0.1, 0.15) is 26.3 Å². The van der Waals surface area contributed by atoms with Crippen molar-refractivity contribution in [2.75, 3.05) is 20.1 Å². The quantitative estimate of drug-likeness (QED) is 0.345. The molecule has 0 aliphatic heterocycles. The Balaban J connectivity index is 2.34. The molecule has 0 atom stereocenters. The molecule has 0 amide bonds. The first kappa shape index (κ1) is 17.8. The molecule has 0 radical (unpaired) electrons. The van der Waals surface area contributed by atoms with Gasteiger partial charge in [0.1, 0.15) is 5.75 Å². The van der Waals surface area contributed by atoms with Crippen molar-refractivity contribution in [3.8, 4) is 17.2 Å². The van der Waals surface area contributed by atoms with Gasteiger partial charge in [-0.1, -0.05) is 12.1 Å². The highest BCUT2D eigenvalue weighted by atomic mass is 35.5. The zero-order chi connectivity index (χ0) is 17.7. The van der Waals surface area contributed by atoms with E-state index in [-0.39, 0.29) is 23.0 Å². The molecule has 2 rings (SSSR count). The molecule has 0 N–H and O–H groups in total. The SMILES string of the molecule is COc1ccc(C(=O)Oc2cccc(C)c2C(=O)CCl)cc1OC. The molecule has 0 aliphatic rings. The lowest BCUT2D eigenvalue weighted by molar-refractivity contribution is 0.0732. The number of esters is 1. The maximum Gasteiger partial charge on any atom is 0.343 e. The summed E-state index contributed by atoms with van der Waals surface area (Å²) in [5.41, 5.74) is 1.28. The molecule has 0 spiro atoms. The smallest absolute Gasteiger partial charge is 0.343 e. The molecule has 0 saturated carbocycles. The Morgan fingerprint density at radius 2 is 1.71 bits per heavy atom. The first-order chi connectivity index (χ1) is 11.5. The van der Waals surface area contributed by atoms with E-state index in [1.54, 1.807) is 37.3 Å². The number of hydrogen-bond acceptors (Lipinski definition) is 5. The molecule has 126 valence electrons. The Bertz CT molecular complexity index is 770. The van der Waals surface area contributed by atoms with Crippen LogP contribution in [0.15, 0.2) is 36.4 Å². The number of carbonyl (C=O) groups excluding carboxylic acids is 2. The third kappa shape index (κ3) is 3.68. The number of hydrogen-bond donors (Lipinski definition) is 0. The number of ether oxygens (including phenoxy) is 3. The summed E-state index contributed by atoms with van der Waals surface area (Å²) in [7, 11) is 2.98. The topological polar surface area (TPSA) is 61.8 Å². The van der Waals surface area contributed by atoms with Crippen LogP contribution in [0.3, 0.4) is 0 Å². The molecule has 0 heterocycles. The molecule has 2 aromatic carbocycles. The maximum atomic E-state index is 12.4. The van der Waals surface area contributed by atoms with Gasteiger partial charge in [0.2, 0.25) is 0 Å². The number of aryl methyl sites for hydroxylation is 1. The van der Waals surface area contributed by atoms with Crippen molar-refractivity contribution in [1.29, 1.82) is 0 Å². The predicted molar refractivity (Wildman–Crippen MR) is 90.7 cm³/mol. The third-order valence-corrected chi connectivity index (χ3v) is 3.70. The molecule has 5 nitrogen and oxygen atoms in total. The van der Waals surface area contributed by atoms with Crippen LogP contribution in [0.5, 0.6) is 17.2 Å². The predicted octanol–water partition coefficient (Wildman–Crippen LogP) is 3.65. The fourth-order valence-electron chi connectivity index (χ4n) is 2.27. The number of halogens is 1. The van der Waals surface area contributed by atoms with E-state index in [1.807, 2.05) is 0 Å². The van der Waals surface area contributed by atoms with E-state index >= 15 is 0 Å². The van der Waals surface area contributed by atoms with Crippen LogP contribution in [0.2, 0.25) is 0 Å². The zero-order valence-corrected chi connectivity index (χ0v) is 14.3. The van der Waals surface area contributed by atoms with Gasteiger partial charge in [-0.2, -0.15) is 0 Å². The second kappa shape index (κ2) is 7.84. The molecular weight excluding hydrogens is 332 g/mol. The van der Waals surface area contributed by atoms with Gasteiger partial charge in [-0.25, -0.2) is 4.79 Å². The second-order valence-electron chi connectivity index (χ2n) is 4.96. The average molecular weight is 349 g/mol. The molecule has 0 aromatic heterocycles. The van der Waals surface area contributed by atoms with Gasteiger partial charge in [-0.05, 0) is 36.8 Å². The number of ketones is 1. The van der Waals surface area contributed by atoms with E-state index in [9.17, 15) is 9.59 Å². The molecule has 6 heteroatoms. The normalized spacial score (nSPS) is 10.2. The first-order valence-corrected chi connectivity index (χ1v) is 7.68. The van der Waals surface area contributed by atoms with Crippen molar-refractivity contribution in [3.63, 3.8) is 0 Å². The number of alkyl halides is 1. The molecule has 0 unspecified atom stereocenters. The van der Waals surface area contributed by atoms with E-state index in [1.165, 1.54) is 20.3 Å². The van der Waals surface area contributed by atoms with Crippen LogP contribution in [-0.4, -0.2) is 31.9 Å². The number of rotatable bonds is 6. The highest BCUT2D eigenvalue weighted by molar-refractivity contribution is 6.31. The zero-order valence-electron chi connectivity index (χ0n) is 13.6. The van der Waals surface area contributed by atoms with E-state index in [0.717, 1.165) is 0 Å². The summed E-state index contributed by atoms with van der Waals surface area (Å²) in [6.07, 6.45) is 0. The number of carbonyl (C=O) groups is 2. The van der Waals surface area contributed by atoms with Crippen molar-refractivity contribution in [2.24, 2.45) is 0 Å². The molecule has 24 heavy (non-hydrogen) atoms. The summed E-state index contributed by atoms with van der Waals surface area (Å²) in [5, 5.41) is 0. The number of Topliss-reactive ketones (excluding diaryl/α,β-unsaturated/α-hetero) is 1. The van der Waals surface area contributed by atoms with Crippen LogP contribution >= 0.6 is 11.6 Å². The lowest BCUT2D eigenvalue weighted by Gasteiger charge is -2.12. The summed E-state index contributed by atoms with van der Waals surface area (Å²) in [4.78, 5) is 24.4. The van der Waals surface area contributed by atoms with E-state index < -0.39 is 5.97 Å². The molecule has 0 aliphatic carbocycles. The van der Waals surface area contributed by atoms with Crippen LogP contribution in [0.25, 0.3) is 0 Å². The lowest BCUT2D eigenvalue weighted by atomic mass is 10.0. The van der Waals surface area contributed by atoms with Crippen molar-refractivity contribution >= 4 is 23.4 Å². The van der Waals surface area contributed by atoms with Gasteiger partial charge in [0.25, 0.3) is 0 Å². The van der Waals surface area contributed by atoms with Crippen molar-refractivity contribution in [1.82, 2.24) is 0 Å². The second-order valence-corrected chi connectivity index (χ2v) is 5.23. The fraction of sp³-hybridized carbons (Fsp3) is 0.222. The standard InChI is InChI=1S/C18H17ClO5/c1-11-5-4-6-15(17(11)13(20)10-19)24-18(21)12-7-8-14(22-2)16(9-12)23-3/h4-9H,10H2,1-3H3. The van der Waals surface area contributed by atoms with Gasteiger partial charge in [0, 0.05) is 0 Å². The van der Waals surface area contributed by atoms with E-state index in [2.05, 4.69) is 0 Å². The van der Waals surface area contributed by atoms with Crippen LogP contribution in [0, 0.1) is 6.92 Å². The third-order valence-electron chi connectivity index (χ3n) is 3.46. The molecule has 2 aromatic rings. The highest BCUT2D eigenvalue weighted by Gasteiger charge is 2.19. The van der Waals surface area contributed by atoms with Gasteiger partial charge >= 0.3 is 5.97 Å². The van der Waals surface area contributed by atoms with Gasteiger partial charge < -0.3 is 14.2 Å². The highest BCUT2D eigenvalue weighted by Crippen LogP contribution is 2.29. The summed E-state index contributed by atoms with van der Waals surface area (Å²) in [6.45, 7) is 1.76. The summed E-state index contributed by atoms with van der Waals surface area (Å²) in [5.74, 6) is -0.00229. The monoisotopic (exact) mass is 348 g/mol. The minimum absolute atomic E-state index is 0.181. The molecule has 0 bridgehead atoms. The summed E-state index contributed by atoms with van der Waals surface area (Å²) in [6, 6.07) is 9.70. The van der Waals surface area contributed by atoms with Gasteiger partial charge in [-0.15, -0.1) is 11.6 Å². The Labute approximate surface area is 145 Å².